The van der Waals surface area contributed by atoms with Gasteiger partial charge in [-0.15, -0.1) is 30.8 Å². The molecular formula is C26H38N2Zr. The number of hydrogen-bond donors (Lipinski definition) is 1. The van der Waals surface area contributed by atoms with Gasteiger partial charge in [-0.25, -0.2) is 0 Å². The summed E-state index contributed by atoms with van der Waals surface area (Å²) in [4.78, 5) is 0. The van der Waals surface area contributed by atoms with Gasteiger partial charge in [-0.2, -0.15) is 56.3 Å². The molecule has 0 aromatic heterocycles. The molecule has 1 saturated heterocycles. The Bertz CT molecular complexity index is 565. The molecule has 1 aliphatic heterocycles. The largest absolute Gasteiger partial charge is 4.00 e. The maximum Gasteiger partial charge on any atom is 4.00 e. The van der Waals surface area contributed by atoms with E-state index in [0.29, 0.717) is 0 Å². The number of benzene rings is 2. The van der Waals surface area contributed by atoms with E-state index < -0.39 is 0 Å². The fraction of sp³-hybridized carbons (Fsp3) is 0.423. The second-order valence-corrected chi connectivity index (χ2v) is 7.52. The van der Waals surface area contributed by atoms with Crippen LogP contribution in [-0.4, -0.2) is 26.2 Å². The summed E-state index contributed by atoms with van der Waals surface area (Å²) in [5.41, 5.74) is 2.14. The molecule has 0 radical (unpaired) electrons. The third-order valence-corrected chi connectivity index (χ3v) is 5.48. The average molecular weight is 470 g/mol. The van der Waals surface area contributed by atoms with Crippen molar-refractivity contribution in [2.75, 3.05) is 20.1 Å². The van der Waals surface area contributed by atoms with Crippen molar-refractivity contribution in [3.63, 3.8) is 0 Å². The van der Waals surface area contributed by atoms with E-state index in [-0.39, 0.29) is 33.6 Å². The van der Waals surface area contributed by atoms with Crippen molar-refractivity contribution in [2.45, 2.75) is 38.1 Å². The predicted molar refractivity (Wildman–Crippen MR) is 124 cm³/mol. The van der Waals surface area contributed by atoms with E-state index >= 15 is 0 Å². The quantitative estimate of drug-likeness (QED) is 0.521. The van der Waals surface area contributed by atoms with Gasteiger partial charge in [0.2, 0.25) is 0 Å². The topological polar surface area (TPSA) is 26.1 Å². The molecule has 1 N–H and O–H groups in total. The van der Waals surface area contributed by atoms with Crippen LogP contribution in [0.5, 0.6) is 0 Å². The van der Waals surface area contributed by atoms with Crippen LogP contribution in [0, 0.1) is 33.1 Å². The summed E-state index contributed by atoms with van der Waals surface area (Å²) in [6, 6.07) is 20.6. The third-order valence-electron chi connectivity index (χ3n) is 5.48. The van der Waals surface area contributed by atoms with E-state index in [9.17, 15) is 0 Å². The summed E-state index contributed by atoms with van der Waals surface area (Å²) < 4.78 is 0. The van der Waals surface area contributed by atoms with Gasteiger partial charge in [0.05, 0.1) is 0 Å². The molecule has 156 valence electrons. The molecule has 2 nitrogen and oxygen atoms in total. The maximum atomic E-state index is 4.21. The first-order valence-electron chi connectivity index (χ1n) is 10.2. The van der Waals surface area contributed by atoms with E-state index in [1.54, 1.807) is 0 Å². The van der Waals surface area contributed by atoms with Crippen molar-refractivity contribution < 1.29 is 26.2 Å². The van der Waals surface area contributed by atoms with Crippen molar-refractivity contribution >= 4 is 0 Å². The molecule has 3 atom stereocenters. The molecule has 1 heterocycles. The summed E-state index contributed by atoms with van der Waals surface area (Å²) in [6.07, 6.45) is 7.10. The van der Waals surface area contributed by atoms with Crippen molar-refractivity contribution in [1.29, 1.82) is 0 Å². The second kappa shape index (κ2) is 16.7. The van der Waals surface area contributed by atoms with Crippen LogP contribution >= 0.6 is 0 Å². The van der Waals surface area contributed by atoms with Crippen LogP contribution in [0.25, 0.3) is 5.32 Å². The molecule has 2 aliphatic rings. The van der Waals surface area contributed by atoms with Gasteiger partial charge in [0, 0.05) is 6.04 Å². The van der Waals surface area contributed by atoms with E-state index in [4.69, 9.17) is 0 Å². The van der Waals surface area contributed by atoms with Gasteiger partial charge in [-0.05, 0) is 31.2 Å². The van der Waals surface area contributed by atoms with Crippen LogP contribution in [0.2, 0.25) is 0 Å². The minimum absolute atomic E-state index is 0. The van der Waals surface area contributed by atoms with E-state index in [1.807, 2.05) is 67.7 Å². The summed E-state index contributed by atoms with van der Waals surface area (Å²) >= 11 is 0. The molecule has 0 bridgehead atoms. The van der Waals surface area contributed by atoms with Gasteiger partial charge in [0.1, 0.15) is 0 Å². The minimum Gasteiger partial charge on any atom is -0.665 e. The van der Waals surface area contributed by atoms with E-state index in [2.05, 4.69) is 24.5 Å². The molecular weight excluding hydrogens is 432 g/mol. The Morgan fingerprint density at radius 1 is 0.897 bits per heavy atom. The smallest absolute Gasteiger partial charge is 0.665 e. The fourth-order valence-electron chi connectivity index (χ4n) is 4.00. The molecule has 29 heavy (non-hydrogen) atoms. The zero-order chi connectivity index (χ0) is 19.3. The Hall–Kier alpha value is -1.02. The summed E-state index contributed by atoms with van der Waals surface area (Å²) in [5.74, 6) is 1.91. The summed E-state index contributed by atoms with van der Waals surface area (Å²) in [7, 11) is 1.93. The van der Waals surface area contributed by atoms with Crippen LogP contribution in [-0.2, 0) is 26.2 Å². The average Bonchev–Trinajstić information content (AvgIpc) is 3.12. The van der Waals surface area contributed by atoms with Crippen LogP contribution in [0.3, 0.4) is 0 Å². The number of fused-ring (bicyclic) bond motifs is 1. The third kappa shape index (κ3) is 11.1. The first-order chi connectivity index (χ1) is 13.2. The molecule has 3 heteroatoms. The normalized spacial score (nSPS) is 21.6. The first-order valence-corrected chi connectivity index (χ1v) is 10.2. The number of nitrogens with one attached hydrogen (secondary N) is 1. The Balaban J connectivity index is 0.000000423. The van der Waals surface area contributed by atoms with Crippen LogP contribution in [0.1, 0.15) is 43.2 Å². The number of nitrogens with zero attached hydrogens (tertiary/aromatic N) is 1. The summed E-state index contributed by atoms with van der Waals surface area (Å²) in [5, 5.41) is 7.88. The Labute approximate surface area is 199 Å². The molecule has 0 spiro atoms. The van der Waals surface area contributed by atoms with Gasteiger partial charge in [-0.3, -0.25) is 0 Å². The fourth-order valence-corrected chi connectivity index (χ4v) is 4.00. The van der Waals surface area contributed by atoms with E-state index in [1.165, 1.54) is 38.6 Å². The van der Waals surface area contributed by atoms with Crippen molar-refractivity contribution in [3.8, 4) is 0 Å². The van der Waals surface area contributed by atoms with Crippen LogP contribution < -0.4 is 5.32 Å². The maximum absolute atomic E-state index is 4.21. The molecule has 3 unspecified atom stereocenters. The SMILES string of the molecule is C[N-]CCC1CNC2CCCCC12.[CH2-]c1ccccc1.[CH2-]c1ccccc1.[CH3-].[Zr+4]. The summed E-state index contributed by atoms with van der Waals surface area (Å²) in [6.45, 7) is 9.76. The Morgan fingerprint density at radius 3 is 1.86 bits per heavy atom. The predicted octanol–water partition coefficient (Wildman–Crippen LogP) is 6.34. The van der Waals surface area contributed by atoms with Crippen molar-refractivity contribution in [2.24, 2.45) is 11.8 Å². The Morgan fingerprint density at radius 2 is 1.41 bits per heavy atom. The van der Waals surface area contributed by atoms with Gasteiger partial charge >= 0.3 is 26.2 Å². The van der Waals surface area contributed by atoms with Gasteiger partial charge < -0.3 is 18.1 Å². The van der Waals surface area contributed by atoms with Gasteiger partial charge in [-0.1, -0.05) is 31.4 Å². The number of rotatable bonds is 3. The van der Waals surface area contributed by atoms with Crippen LogP contribution in [0.4, 0.5) is 0 Å². The number of hydrogen-bond acceptors (Lipinski definition) is 1. The van der Waals surface area contributed by atoms with Gasteiger partial charge in [0.25, 0.3) is 0 Å². The molecule has 4 rings (SSSR count). The van der Waals surface area contributed by atoms with Crippen molar-refractivity contribution in [3.05, 3.63) is 98.4 Å². The first kappa shape index (κ1) is 28.0. The zero-order valence-electron chi connectivity index (χ0n) is 18.3. The molecule has 2 aromatic rings. The second-order valence-electron chi connectivity index (χ2n) is 7.52. The molecule has 2 aromatic carbocycles. The van der Waals surface area contributed by atoms with E-state index in [0.717, 1.165) is 35.5 Å². The zero-order valence-corrected chi connectivity index (χ0v) is 20.8. The Kier molecular flexibility index (Phi) is 16.2. The minimum atomic E-state index is 0. The monoisotopic (exact) mass is 468 g/mol. The molecule has 1 saturated carbocycles. The van der Waals surface area contributed by atoms with Crippen molar-refractivity contribution in [1.82, 2.24) is 5.32 Å². The standard InChI is InChI=1S/C11H21N2.2C7H7.CH3.Zr/c1-12-7-6-9-8-13-11-5-3-2-4-10(9)11;2*1-7-5-3-2-4-6-7;;/h9-11,13H,2-8H2,1H3;2*2-6H,1H2;1H3;/q4*-1;+4. The molecule has 0 amide bonds. The molecule has 2 fully saturated rings. The van der Waals surface area contributed by atoms with Gasteiger partial charge in [0.15, 0.2) is 0 Å². The van der Waals surface area contributed by atoms with Crippen LogP contribution in [0.15, 0.2) is 60.7 Å². The molecule has 1 aliphatic carbocycles.